The normalized spacial score (nSPS) is 0. The van der Waals surface area contributed by atoms with Crippen molar-refractivity contribution in [1.82, 2.24) is 0 Å². The Morgan fingerprint density at radius 3 is 0.500 bits per heavy atom. The molecule has 0 aromatic carbocycles. The van der Waals surface area contributed by atoms with Gasteiger partial charge in [-0.25, -0.2) is 0 Å². The zero-order chi connectivity index (χ0) is 0. The molecular weight excluding hydrogens is 750 g/mol. The summed E-state index contributed by atoms with van der Waals surface area (Å²) in [5, 5.41) is 0. The molecule has 0 saturated heterocycles. The molecule has 0 spiro atoms. The average molecular weight is 750 g/mol. The molecule has 0 N–H and O–H groups in total. The van der Waals surface area contributed by atoms with Gasteiger partial charge in [0.2, 0.25) is 0 Å². The summed E-state index contributed by atoms with van der Waals surface area (Å²) in [4.78, 5) is 0. The van der Waals surface area contributed by atoms with Crippen molar-refractivity contribution in [3.63, 3.8) is 0 Å². The summed E-state index contributed by atoms with van der Waals surface area (Å²) in [5.41, 5.74) is 0. The van der Waals surface area contributed by atoms with Crippen LogP contribution in [0.4, 0.5) is 0 Å². The summed E-state index contributed by atoms with van der Waals surface area (Å²) in [6, 6.07) is 0. The van der Waals surface area contributed by atoms with Gasteiger partial charge in [-0.2, -0.15) is 0 Å². The molecule has 4 heteroatoms. The van der Waals surface area contributed by atoms with Gasteiger partial charge in [-0.1, -0.05) is 0 Å². The summed E-state index contributed by atoms with van der Waals surface area (Å²) in [6.45, 7) is 0. The van der Waals surface area contributed by atoms with Crippen molar-refractivity contribution in [3.8, 4) is 0 Å². The van der Waals surface area contributed by atoms with E-state index in [-0.39, 0.29) is 94.4 Å². The Bertz CT molecular complexity index is 3.25. The zero-order valence-corrected chi connectivity index (χ0v) is 15.4. The van der Waals surface area contributed by atoms with Crippen molar-refractivity contribution in [3.05, 3.63) is 0 Å². The SMILES string of the molecule is [Pb].[Ta].[Ta].[Ta]. The molecule has 0 unspecified atom stereocenters. The maximum atomic E-state index is 0. The van der Waals surface area contributed by atoms with E-state index in [2.05, 4.69) is 0 Å². The van der Waals surface area contributed by atoms with Gasteiger partial charge in [-0.05, 0) is 0 Å². The van der Waals surface area contributed by atoms with Gasteiger partial charge < -0.3 is 0 Å². The molecule has 0 rings (SSSR count). The van der Waals surface area contributed by atoms with Crippen LogP contribution in [0.25, 0.3) is 0 Å². The second-order valence-corrected chi connectivity index (χ2v) is 0. The molecule has 0 aliphatic heterocycles. The topological polar surface area (TPSA) is 0 Å². The van der Waals surface area contributed by atoms with Crippen LogP contribution >= 0.6 is 0 Å². The first-order valence-electron chi connectivity index (χ1n) is 0. The predicted molar refractivity (Wildman–Crippen MR) is 5.75 cm³/mol. The Kier molecular flexibility index (Phi) is 112. The van der Waals surface area contributed by atoms with Crippen molar-refractivity contribution in [2.24, 2.45) is 0 Å². The summed E-state index contributed by atoms with van der Waals surface area (Å²) in [6.07, 6.45) is 0. The maximum absolute atomic E-state index is 0. The molecule has 0 aliphatic rings. The van der Waals surface area contributed by atoms with Crippen molar-refractivity contribution >= 4 is 27.3 Å². The van der Waals surface area contributed by atoms with E-state index in [9.17, 15) is 0 Å². The van der Waals surface area contributed by atoms with Gasteiger partial charge in [0.25, 0.3) is 0 Å². The van der Waals surface area contributed by atoms with Crippen LogP contribution < -0.4 is 0 Å². The summed E-state index contributed by atoms with van der Waals surface area (Å²) < 4.78 is 0. The first-order valence-corrected chi connectivity index (χ1v) is 0. The van der Waals surface area contributed by atoms with Crippen LogP contribution in [-0.2, 0) is 67.1 Å². The first kappa shape index (κ1) is 27.3. The van der Waals surface area contributed by atoms with Crippen LogP contribution in [0.5, 0.6) is 0 Å². The molecule has 0 fully saturated rings. The van der Waals surface area contributed by atoms with E-state index >= 15 is 0 Å². The Labute approximate surface area is 92.6 Å². The van der Waals surface area contributed by atoms with Gasteiger partial charge in [-0.3, -0.25) is 0 Å². The van der Waals surface area contributed by atoms with Crippen LogP contribution in [0.15, 0.2) is 0 Å². The van der Waals surface area contributed by atoms with Gasteiger partial charge in [0.15, 0.2) is 0 Å². The molecule has 0 amide bonds. The van der Waals surface area contributed by atoms with Gasteiger partial charge in [0.05, 0.1) is 0 Å². The van der Waals surface area contributed by atoms with Crippen molar-refractivity contribution in [2.45, 2.75) is 0 Å². The number of hydrogen-bond acceptors (Lipinski definition) is 0. The van der Waals surface area contributed by atoms with E-state index < -0.39 is 0 Å². The Hall–Kier alpha value is 3.14. The molecule has 0 nitrogen and oxygen atoms in total. The predicted octanol–water partition coefficient (Wildman–Crippen LogP) is -0.388. The smallest absolute Gasteiger partial charge is 0 e. The quantitative estimate of drug-likeness (QED) is 0.297. The third kappa shape index (κ3) is 8.94. The average Bonchev–Trinajstić information content (AvgIpc) is 0. The standard InChI is InChI=1S/Pb.3Ta. The number of rotatable bonds is 0. The van der Waals surface area contributed by atoms with E-state index in [1.807, 2.05) is 0 Å². The third-order valence-corrected chi connectivity index (χ3v) is 0. The van der Waals surface area contributed by atoms with Gasteiger partial charge in [-0.15, -0.1) is 0 Å². The van der Waals surface area contributed by atoms with Crippen molar-refractivity contribution in [1.29, 1.82) is 0 Å². The third-order valence-electron chi connectivity index (χ3n) is 0. The molecule has 7 radical (unpaired) electrons. The summed E-state index contributed by atoms with van der Waals surface area (Å²) in [7, 11) is 0. The molecule has 0 aromatic rings. The molecule has 4 heavy (non-hydrogen) atoms. The van der Waals surface area contributed by atoms with Crippen molar-refractivity contribution < 1.29 is 67.1 Å². The maximum Gasteiger partial charge on any atom is 0 e. The molecule has 0 heterocycles. The van der Waals surface area contributed by atoms with E-state index in [1.54, 1.807) is 0 Å². The molecule has 0 bridgehead atoms. The fourth-order valence-corrected chi connectivity index (χ4v) is 0. The van der Waals surface area contributed by atoms with E-state index in [4.69, 9.17) is 0 Å². The van der Waals surface area contributed by atoms with Gasteiger partial charge in [0.1, 0.15) is 0 Å². The molecular formula is PbTa3. The van der Waals surface area contributed by atoms with Crippen LogP contribution in [0, 0.1) is 0 Å². The first-order chi connectivity index (χ1) is 0. The monoisotopic (exact) mass is 751 g/mol. The molecule has 0 aromatic heterocycles. The van der Waals surface area contributed by atoms with E-state index in [0.717, 1.165) is 0 Å². The fourth-order valence-electron chi connectivity index (χ4n) is 0. The number of hydrogen-bond donors (Lipinski definition) is 0. The Balaban J connectivity index is 0. The van der Waals surface area contributed by atoms with Crippen LogP contribution in [-0.4, -0.2) is 27.3 Å². The second kappa shape index (κ2) is 16.4. The molecule has 0 atom stereocenters. The largest absolute Gasteiger partial charge is 0 e. The molecule has 0 aliphatic carbocycles. The second-order valence-electron chi connectivity index (χ2n) is 0. The minimum absolute atomic E-state index is 0. The molecule has 0 saturated carbocycles. The van der Waals surface area contributed by atoms with Gasteiger partial charge in [0, 0.05) is 94.4 Å². The minimum atomic E-state index is 0. The van der Waals surface area contributed by atoms with Gasteiger partial charge >= 0.3 is 0 Å². The zero-order valence-electron chi connectivity index (χ0n) is 1.84. The Morgan fingerprint density at radius 2 is 0.500 bits per heavy atom. The minimum Gasteiger partial charge on any atom is 0 e. The van der Waals surface area contributed by atoms with E-state index in [0.29, 0.717) is 0 Å². The van der Waals surface area contributed by atoms with E-state index in [1.165, 1.54) is 0 Å². The summed E-state index contributed by atoms with van der Waals surface area (Å²) >= 11 is 0. The van der Waals surface area contributed by atoms with Crippen LogP contribution in [0.1, 0.15) is 0 Å². The summed E-state index contributed by atoms with van der Waals surface area (Å²) in [5.74, 6) is 0. The van der Waals surface area contributed by atoms with Crippen molar-refractivity contribution in [2.75, 3.05) is 0 Å². The van der Waals surface area contributed by atoms with Crippen LogP contribution in [0.2, 0.25) is 0 Å². The molecule has 19 valence electrons. The van der Waals surface area contributed by atoms with Crippen LogP contribution in [0.3, 0.4) is 0 Å². The Morgan fingerprint density at radius 1 is 0.500 bits per heavy atom. The fraction of sp³-hybridized carbons (Fsp3) is 0.